The van der Waals surface area contributed by atoms with Crippen LogP contribution in [0.25, 0.3) is 0 Å². The maximum atomic E-state index is 12.0. The summed E-state index contributed by atoms with van der Waals surface area (Å²) in [4.78, 5) is 12.0. The van der Waals surface area contributed by atoms with Gasteiger partial charge in [0, 0.05) is 13.2 Å². The van der Waals surface area contributed by atoms with Gasteiger partial charge in [-0.3, -0.25) is 4.57 Å². The van der Waals surface area contributed by atoms with Crippen LogP contribution in [0.2, 0.25) is 0 Å². The molecule has 0 saturated heterocycles. The largest absolute Gasteiger partial charge is 1.00 e. The Kier molecular flexibility index (Phi) is 39.3. The van der Waals surface area contributed by atoms with Gasteiger partial charge in [-0.25, -0.2) is 0 Å². The van der Waals surface area contributed by atoms with Gasteiger partial charge in [-0.05, 0) is 12.8 Å². The second-order valence-electron chi connectivity index (χ2n) is 12.2. The Hall–Kier alpha value is 0.950. The maximum absolute atomic E-state index is 12.0. The van der Waals surface area contributed by atoms with Crippen molar-refractivity contribution in [3.63, 3.8) is 0 Å². The van der Waals surface area contributed by atoms with Crippen LogP contribution in [-0.2, 0) is 23.1 Å². The molecule has 0 radical (unpaired) electrons. The molecule has 10 heteroatoms. The zero-order valence-electron chi connectivity index (χ0n) is 29.2. The molecule has 0 fully saturated rings. The van der Waals surface area contributed by atoms with Crippen molar-refractivity contribution in [3.8, 4) is 0 Å². The van der Waals surface area contributed by atoms with E-state index in [0.717, 1.165) is 25.7 Å². The zero-order valence-corrected chi connectivity index (χ0v) is 32.1. The van der Waals surface area contributed by atoms with E-state index in [1.54, 1.807) is 0 Å². The maximum Gasteiger partial charge on any atom is 1.00 e. The normalized spacial score (nSPS) is 14.3. The van der Waals surface area contributed by atoms with Crippen molar-refractivity contribution < 1.29 is 67.8 Å². The van der Waals surface area contributed by atoms with Crippen LogP contribution in [0.3, 0.4) is 0 Å². The molecule has 260 valence electrons. The molecule has 44 heavy (non-hydrogen) atoms. The molecule has 0 rings (SSSR count). The van der Waals surface area contributed by atoms with E-state index in [-0.39, 0.29) is 42.8 Å². The number of phosphoric acid groups is 1. The van der Waals surface area contributed by atoms with Crippen LogP contribution in [0.15, 0.2) is 0 Å². The van der Waals surface area contributed by atoms with Crippen LogP contribution in [0.1, 0.15) is 168 Å². The first-order chi connectivity index (χ1) is 20.9. The van der Waals surface area contributed by atoms with Crippen molar-refractivity contribution in [1.29, 1.82) is 0 Å². The van der Waals surface area contributed by atoms with Crippen molar-refractivity contribution in [1.82, 2.24) is 0 Å². The van der Waals surface area contributed by atoms with Gasteiger partial charge in [-0.15, -0.1) is 0 Å². The topological polar surface area (TPSA) is 118 Å². The SMILES string of the molecule is CCCCCCCCCCCCCCOC[C@H](COP(=O)([O-])OC[C@H](O)CO)OCCCCCCCCCCCCCC.[Na+]. The third-order valence-electron chi connectivity index (χ3n) is 7.85. The smallest absolute Gasteiger partial charge is 0.756 e. The number of aliphatic hydroxyl groups is 2. The second-order valence-corrected chi connectivity index (χ2v) is 13.6. The van der Waals surface area contributed by atoms with Gasteiger partial charge in [-0.2, -0.15) is 0 Å². The summed E-state index contributed by atoms with van der Waals surface area (Å²) in [5, 5.41) is 18.2. The molecular formula is C34H70NaO8P. The Morgan fingerprint density at radius 3 is 1.34 bits per heavy atom. The molecule has 0 aromatic carbocycles. The summed E-state index contributed by atoms with van der Waals surface area (Å²) in [6, 6.07) is 0. The Balaban J connectivity index is 0. The van der Waals surface area contributed by atoms with Gasteiger partial charge in [0.1, 0.15) is 12.2 Å². The summed E-state index contributed by atoms with van der Waals surface area (Å²) in [7, 11) is -4.62. The van der Waals surface area contributed by atoms with Crippen molar-refractivity contribution in [3.05, 3.63) is 0 Å². The Morgan fingerprint density at radius 1 is 0.568 bits per heavy atom. The molecule has 0 aromatic heterocycles. The summed E-state index contributed by atoms with van der Waals surface area (Å²) in [5.41, 5.74) is 0. The number of phosphoric ester groups is 1. The van der Waals surface area contributed by atoms with Gasteiger partial charge in [0.15, 0.2) is 0 Å². The summed E-state index contributed by atoms with van der Waals surface area (Å²) < 4.78 is 33.4. The minimum Gasteiger partial charge on any atom is -0.756 e. The van der Waals surface area contributed by atoms with E-state index in [2.05, 4.69) is 18.4 Å². The molecule has 0 amide bonds. The quantitative estimate of drug-likeness (QED) is 0.0503. The first-order valence-electron chi connectivity index (χ1n) is 18.0. The van der Waals surface area contributed by atoms with Gasteiger partial charge >= 0.3 is 29.6 Å². The predicted molar refractivity (Wildman–Crippen MR) is 175 cm³/mol. The van der Waals surface area contributed by atoms with Gasteiger partial charge < -0.3 is 33.6 Å². The molecule has 0 aromatic rings. The molecule has 0 aliphatic rings. The fourth-order valence-electron chi connectivity index (χ4n) is 5.04. The van der Waals surface area contributed by atoms with Crippen LogP contribution in [-0.4, -0.2) is 62.1 Å². The third kappa shape index (κ3) is 35.8. The van der Waals surface area contributed by atoms with Crippen molar-refractivity contribution in [2.24, 2.45) is 0 Å². The molecule has 0 aliphatic carbocycles. The summed E-state index contributed by atoms with van der Waals surface area (Å²) in [6.07, 6.45) is 28.8. The Bertz CT molecular complexity index is 602. The number of hydrogen-bond donors (Lipinski definition) is 2. The molecule has 0 heterocycles. The summed E-state index contributed by atoms with van der Waals surface area (Å²) in [6.45, 7) is 4.58. The molecule has 0 bridgehead atoms. The van der Waals surface area contributed by atoms with Crippen LogP contribution >= 0.6 is 7.82 Å². The molecule has 0 saturated carbocycles. The van der Waals surface area contributed by atoms with Crippen LogP contribution in [0.5, 0.6) is 0 Å². The number of hydrogen-bond acceptors (Lipinski definition) is 8. The summed E-state index contributed by atoms with van der Waals surface area (Å²) in [5.74, 6) is 0. The van der Waals surface area contributed by atoms with E-state index < -0.39 is 33.2 Å². The number of rotatable bonds is 36. The average molecular weight is 661 g/mol. The molecular weight excluding hydrogens is 590 g/mol. The standard InChI is InChI=1S/C34H71O8P.Na/c1-3-5-7-9-11-13-15-17-19-21-23-25-27-39-31-34(32-42-43(37,38)41-30-33(36)29-35)40-28-26-24-22-20-18-16-14-12-10-8-6-4-2;/h33-36H,3-32H2,1-2H3,(H,37,38);/q;+1/p-1/t33-,34-;/m1./s1. The van der Waals surface area contributed by atoms with Crippen molar-refractivity contribution >= 4 is 7.82 Å². The predicted octanol–water partition coefficient (Wildman–Crippen LogP) is 5.65. The van der Waals surface area contributed by atoms with Gasteiger partial charge in [0.2, 0.25) is 0 Å². The van der Waals surface area contributed by atoms with E-state index >= 15 is 0 Å². The van der Waals surface area contributed by atoms with Gasteiger partial charge in [0.25, 0.3) is 7.82 Å². The van der Waals surface area contributed by atoms with E-state index in [1.807, 2.05) is 0 Å². The Morgan fingerprint density at radius 2 is 0.932 bits per heavy atom. The van der Waals surface area contributed by atoms with Gasteiger partial charge in [-0.1, -0.05) is 155 Å². The number of ether oxygens (including phenoxy) is 2. The first-order valence-corrected chi connectivity index (χ1v) is 19.5. The van der Waals surface area contributed by atoms with Crippen LogP contribution in [0.4, 0.5) is 0 Å². The van der Waals surface area contributed by atoms with Crippen molar-refractivity contribution in [2.75, 3.05) is 39.6 Å². The van der Waals surface area contributed by atoms with Crippen LogP contribution < -0.4 is 34.5 Å². The third-order valence-corrected chi connectivity index (χ3v) is 8.78. The number of aliphatic hydroxyl groups excluding tert-OH is 2. The summed E-state index contributed by atoms with van der Waals surface area (Å²) >= 11 is 0. The van der Waals surface area contributed by atoms with E-state index in [0.29, 0.717) is 13.2 Å². The Labute approximate surface area is 294 Å². The minimum atomic E-state index is -4.62. The molecule has 8 nitrogen and oxygen atoms in total. The number of unbranched alkanes of at least 4 members (excludes halogenated alkanes) is 22. The molecule has 3 atom stereocenters. The van der Waals surface area contributed by atoms with E-state index in [1.165, 1.54) is 128 Å². The molecule has 0 aliphatic heterocycles. The van der Waals surface area contributed by atoms with Crippen molar-refractivity contribution in [2.45, 2.75) is 180 Å². The average Bonchev–Trinajstić information content (AvgIpc) is 3.00. The van der Waals surface area contributed by atoms with E-state index in [9.17, 15) is 14.6 Å². The van der Waals surface area contributed by atoms with Crippen LogP contribution in [0, 0.1) is 0 Å². The second kappa shape index (κ2) is 36.8. The fraction of sp³-hybridized carbons (Fsp3) is 1.00. The molecule has 0 spiro atoms. The molecule has 2 N–H and O–H groups in total. The molecule has 1 unspecified atom stereocenters. The monoisotopic (exact) mass is 660 g/mol. The minimum absolute atomic E-state index is 0. The van der Waals surface area contributed by atoms with E-state index in [4.69, 9.17) is 19.1 Å². The van der Waals surface area contributed by atoms with Gasteiger partial charge in [0.05, 0.1) is 26.4 Å². The first kappa shape index (κ1) is 47.1. The zero-order chi connectivity index (χ0) is 31.7. The fourth-order valence-corrected chi connectivity index (χ4v) is 5.82.